The number of ether oxygens (including phenoxy) is 1. The van der Waals surface area contributed by atoms with Crippen molar-refractivity contribution in [1.29, 1.82) is 0 Å². The van der Waals surface area contributed by atoms with Crippen LogP contribution in [0.15, 0.2) is 18.2 Å². The van der Waals surface area contributed by atoms with Crippen LogP contribution in [0.25, 0.3) is 10.1 Å². The summed E-state index contributed by atoms with van der Waals surface area (Å²) >= 11 is 1.43. The molecule has 0 radical (unpaired) electrons. The third-order valence-corrected chi connectivity index (χ3v) is 9.53. The molecule has 0 N–H and O–H groups in total. The van der Waals surface area contributed by atoms with Crippen LogP contribution in [0.5, 0.6) is 5.75 Å². The maximum atomic E-state index is 13.4. The lowest BCUT2D eigenvalue weighted by molar-refractivity contribution is -0.160. The third kappa shape index (κ3) is 2.37. The van der Waals surface area contributed by atoms with Gasteiger partial charge in [-0.15, -0.1) is 0 Å². The van der Waals surface area contributed by atoms with Crippen LogP contribution in [0, 0.1) is 5.92 Å². The van der Waals surface area contributed by atoms with E-state index in [1.807, 2.05) is 0 Å². The third-order valence-electron chi connectivity index (χ3n) is 8.72. The molecule has 5 aliphatic heterocycles. The van der Waals surface area contributed by atoms with Crippen LogP contribution in [-0.4, -0.2) is 81.9 Å². The van der Waals surface area contributed by atoms with Crippen LogP contribution in [-0.2, 0) is 0 Å². The summed E-state index contributed by atoms with van der Waals surface area (Å²) in [6.07, 6.45) is 6.50. The summed E-state index contributed by atoms with van der Waals surface area (Å²) in [4.78, 5) is 20.6. The lowest BCUT2D eigenvalue weighted by atomic mass is 9.60. The highest BCUT2D eigenvalue weighted by Gasteiger charge is 2.66. The molecule has 3 unspecified atom stereocenters. The summed E-state index contributed by atoms with van der Waals surface area (Å²) in [7, 11) is 0. The molecule has 2 bridgehead atoms. The molecule has 1 amide bonds. The Morgan fingerprint density at radius 3 is 2.80 bits per heavy atom. The number of aromatic nitrogens is 1. The van der Waals surface area contributed by atoms with E-state index in [2.05, 4.69) is 37.3 Å². The molecule has 158 valence electrons. The van der Waals surface area contributed by atoms with Gasteiger partial charge in [-0.1, -0.05) is 0 Å². The quantitative estimate of drug-likeness (QED) is 0.758. The van der Waals surface area contributed by atoms with Gasteiger partial charge in [0.15, 0.2) is 0 Å². The fourth-order valence-electron chi connectivity index (χ4n) is 6.85. The van der Waals surface area contributed by atoms with Gasteiger partial charge in [0, 0.05) is 44.2 Å². The number of hydrogen-bond acceptors (Lipinski definition) is 6. The van der Waals surface area contributed by atoms with Crippen molar-refractivity contribution in [3.8, 4) is 5.75 Å². The number of piperidine rings is 1. The highest BCUT2D eigenvalue weighted by atomic mass is 32.1. The Kier molecular flexibility index (Phi) is 3.83. The molecule has 7 heteroatoms. The van der Waals surface area contributed by atoms with Gasteiger partial charge in [0.1, 0.15) is 17.5 Å². The molecule has 6 nitrogen and oxygen atoms in total. The van der Waals surface area contributed by atoms with Crippen molar-refractivity contribution < 1.29 is 9.53 Å². The molecule has 1 aromatic heterocycles. The standard InChI is InChI=1S/C23H28N4O2S/c28-22(27-12-11-25-8-5-16(27)6-9-25)21-18-2-1-17(13-19(18)30-24-21)29-20-14-26-10-4-15-3-7-23(15,20)26/h1-2,13,15-16,20H,3-12,14H2. The van der Waals surface area contributed by atoms with Gasteiger partial charge in [-0.05, 0) is 74.3 Å². The van der Waals surface area contributed by atoms with Crippen molar-refractivity contribution in [1.82, 2.24) is 19.1 Å². The Labute approximate surface area is 180 Å². The first-order valence-corrected chi connectivity index (χ1v) is 12.3. The minimum Gasteiger partial charge on any atom is -0.487 e. The summed E-state index contributed by atoms with van der Waals surface area (Å²) in [6, 6.07) is 6.58. The van der Waals surface area contributed by atoms with Gasteiger partial charge in [0.05, 0.1) is 10.2 Å². The second-order valence-electron chi connectivity index (χ2n) is 9.83. The minimum atomic E-state index is 0.112. The summed E-state index contributed by atoms with van der Waals surface area (Å²) in [5.41, 5.74) is 0.969. The van der Waals surface area contributed by atoms with Crippen molar-refractivity contribution >= 4 is 27.5 Å². The monoisotopic (exact) mass is 424 g/mol. The average Bonchev–Trinajstić information content (AvgIpc) is 3.03. The van der Waals surface area contributed by atoms with Gasteiger partial charge in [-0.3, -0.25) is 9.69 Å². The number of carbonyl (C=O) groups is 1. The molecule has 2 aromatic rings. The van der Waals surface area contributed by atoms with Crippen molar-refractivity contribution in [2.75, 3.05) is 39.3 Å². The number of rotatable bonds is 3. The lowest BCUT2D eigenvalue weighted by Crippen LogP contribution is -2.75. The zero-order chi connectivity index (χ0) is 19.9. The molecule has 8 rings (SSSR count). The zero-order valence-corrected chi connectivity index (χ0v) is 18.1. The van der Waals surface area contributed by atoms with E-state index < -0.39 is 0 Å². The molecule has 1 spiro atoms. The molecule has 1 aliphatic carbocycles. The van der Waals surface area contributed by atoms with E-state index in [9.17, 15) is 4.79 Å². The fourth-order valence-corrected chi connectivity index (χ4v) is 7.65. The molecule has 6 fully saturated rings. The minimum absolute atomic E-state index is 0.112. The summed E-state index contributed by atoms with van der Waals surface area (Å²) in [6.45, 7) is 6.36. The molecular weight excluding hydrogens is 396 g/mol. The molecule has 1 aromatic carbocycles. The van der Waals surface area contributed by atoms with Gasteiger partial charge in [-0.2, -0.15) is 4.37 Å². The maximum absolute atomic E-state index is 13.4. The van der Waals surface area contributed by atoms with E-state index in [0.717, 1.165) is 67.3 Å². The predicted molar refractivity (Wildman–Crippen MR) is 116 cm³/mol. The largest absolute Gasteiger partial charge is 0.487 e. The molecule has 1 saturated carbocycles. The molecular formula is C23H28N4O2S. The topological polar surface area (TPSA) is 48.9 Å². The van der Waals surface area contributed by atoms with E-state index in [-0.39, 0.29) is 5.91 Å². The van der Waals surface area contributed by atoms with Crippen LogP contribution in [0.1, 0.15) is 42.6 Å². The SMILES string of the molecule is O=C(c1nsc2cc(OC3CN4CCC5CCC534)ccc12)N1CCN2CCC1CC2. The van der Waals surface area contributed by atoms with Gasteiger partial charge in [-0.25, -0.2) is 0 Å². The van der Waals surface area contributed by atoms with Crippen LogP contribution in [0.2, 0.25) is 0 Å². The number of fused-ring (bicyclic) bond motifs is 5. The van der Waals surface area contributed by atoms with E-state index in [1.165, 1.54) is 37.3 Å². The van der Waals surface area contributed by atoms with Gasteiger partial charge < -0.3 is 14.5 Å². The normalized spacial score (nSPS) is 37.3. The first-order chi connectivity index (χ1) is 14.7. The van der Waals surface area contributed by atoms with Crippen LogP contribution < -0.4 is 4.74 Å². The Morgan fingerprint density at radius 2 is 2.00 bits per heavy atom. The Hall–Kier alpha value is -1.70. The van der Waals surface area contributed by atoms with Crippen molar-refractivity contribution in [3.63, 3.8) is 0 Å². The Bertz CT molecular complexity index is 1010. The molecule has 6 heterocycles. The number of hydrogen-bond donors (Lipinski definition) is 0. The Morgan fingerprint density at radius 1 is 1.10 bits per heavy atom. The fraction of sp³-hybridized carbons (Fsp3) is 0.652. The maximum Gasteiger partial charge on any atom is 0.274 e. The van der Waals surface area contributed by atoms with Crippen LogP contribution in [0.4, 0.5) is 0 Å². The predicted octanol–water partition coefficient (Wildman–Crippen LogP) is 2.83. The van der Waals surface area contributed by atoms with Crippen LogP contribution >= 0.6 is 11.5 Å². The summed E-state index contributed by atoms with van der Waals surface area (Å²) in [5, 5.41) is 0.979. The molecule has 6 aliphatic rings. The first-order valence-electron chi connectivity index (χ1n) is 11.6. The number of carbonyl (C=O) groups excluding carboxylic acids is 1. The molecule has 3 atom stereocenters. The van der Waals surface area contributed by atoms with E-state index in [0.29, 0.717) is 23.4 Å². The highest BCUT2D eigenvalue weighted by Crippen LogP contribution is 2.58. The first kappa shape index (κ1) is 17.9. The lowest BCUT2D eigenvalue weighted by Gasteiger charge is -2.62. The zero-order valence-electron chi connectivity index (χ0n) is 17.3. The summed E-state index contributed by atoms with van der Waals surface area (Å²) in [5.74, 6) is 1.89. The number of amides is 1. The highest BCUT2D eigenvalue weighted by molar-refractivity contribution is 7.13. The van der Waals surface area contributed by atoms with Crippen molar-refractivity contribution in [2.24, 2.45) is 5.92 Å². The smallest absolute Gasteiger partial charge is 0.274 e. The summed E-state index contributed by atoms with van der Waals surface area (Å²) < 4.78 is 12.1. The second kappa shape index (κ2) is 6.40. The number of benzene rings is 1. The second-order valence-corrected chi connectivity index (χ2v) is 10.6. The molecule has 5 saturated heterocycles. The van der Waals surface area contributed by atoms with Gasteiger partial charge in [0.25, 0.3) is 5.91 Å². The van der Waals surface area contributed by atoms with Gasteiger partial charge in [0.2, 0.25) is 0 Å². The van der Waals surface area contributed by atoms with Crippen LogP contribution in [0.3, 0.4) is 0 Å². The van der Waals surface area contributed by atoms with Crippen molar-refractivity contribution in [3.05, 3.63) is 23.9 Å². The Balaban J connectivity index is 1.13. The molecule has 30 heavy (non-hydrogen) atoms. The van der Waals surface area contributed by atoms with E-state index in [1.54, 1.807) is 0 Å². The van der Waals surface area contributed by atoms with Gasteiger partial charge >= 0.3 is 0 Å². The van der Waals surface area contributed by atoms with E-state index >= 15 is 0 Å². The van der Waals surface area contributed by atoms with E-state index in [4.69, 9.17) is 4.74 Å². The van der Waals surface area contributed by atoms with Crippen molar-refractivity contribution in [2.45, 2.75) is 49.8 Å². The average molecular weight is 425 g/mol. The number of nitrogens with zero attached hydrogens (tertiary/aromatic N) is 4.